The van der Waals surface area contributed by atoms with Gasteiger partial charge in [-0.15, -0.1) is 0 Å². The van der Waals surface area contributed by atoms with Gasteiger partial charge in [-0.05, 0) is 49.7 Å². The first-order valence-electron chi connectivity index (χ1n) is 7.05. The standard InChI is InChI=1S/C17H20N2O2/c1-2-19(15-4-3-5-16(20)12-15)17(21)14-8-6-13(7-9-14)10-11-18/h3-9,12,20H,2,10-11,18H2,1H3. The Morgan fingerprint density at radius 1 is 1.19 bits per heavy atom. The number of hydrogen-bond acceptors (Lipinski definition) is 3. The maximum atomic E-state index is 12.6. The number of aromatic hydroxyl groups is 1. The van der Waals surface area contributed by atoms with Crippen LogP contribution in [0.3, 0.4) is 0 Å². The molecule has 0 unspecified atom stereocenters. The molecule has 0 saturated heterocycles. The second-order valence-electron chi connectivity index (χ2n) is 4.80. The van der Waals surface area contributed by atoms with Crippen LogP contribution in [0.2, 0.25) is 0 Å². The van der Waals surface area contributed by atoms with E-state index in [1.807, 2.05) is 37.3 Å². The maximum absolute atomic E-state index is 12.6. The average Bonchev–Trinajstić information content (AvgIpc) is 2.49. The largest absolute Gasteiger partial charge is 0.508 e. The van der Waals surface area contributed by atoms with Crippen molar-refractivity contribution >= 4 is 11.6 Å². The van der Waals surface area contributed by atoms with E-state index >= 15 is 0 Å². The van der Waals surface area contributed by atoms with E-state index in [9.17, 15) is 9.90 Å². The van der Waals surface area contributed by atoms with E-state index in [1.165, 1.54) is 0 Å². The number of hydrogen-bond donors (Lipinski definition) is 2. The van der Waals surface area contributed by atoms with Gasteiger partial charge in [0.25, 0.3) is 5.91 Å². The second-order valence-corrected chi connectivity index (χ2v) is 4.80. The lowest BCUT2D eigenvalue weighted by Gasteiger charge is -2.21. The predicted octanol–water partition coefficient (Wildman–Crippen LogP) is 2.56. The van der Waals surface area contributed by atoms with Gasteiger partial charge in [-0.3, -0.25) is 4.79 Å². The number of nitrogens with zero attached hydrogens (tertiary/aromatic N) is 1. The fraction of sp³-hybridized carbons (Fsp3) is 0.235. The zero-order chi connectivity index (χ0) is 15.2. The molecule has 0 spiro atoms. The highest BCUT2D eigenvalue weighted by Crippen LogP contribution is 2.22. The minimum atomic E-state index is -0.0811. The normalized spacial score (nSPS) is 10.4. The summed E-state index contributed by atoms with van der Waals surface area (Å²) in [4.78, 5) is 14.2. The van der Waals surface area contributed by atoms with Gasteiger partial charge >= 0.3 is 0 Å². The first-order chi connectivity index (χ1) is 10.2. The molecule has 21 heavy (non-hydrogen) atoms. The van der Waals surface area contributed by atoms with Gasteiger partial charge in [0.15, 0.2) is 0 Å². The molecule has 3 N–H and O–H groups in total. The Morgan fingerprint density at radius 2 is 1.90 bits per heavy atom. The van der Waals surface area contributed by atoms with Gasteiger partial charge in [-0.25, -0.2) is 0 Å². The number of amides is 1. The molecule has 4 nitrogen and oxygen atoms in total. The second kappa shape index (κ2) is 6.90. The Bertz CT molecular complexity index is 608. The molecule has 2 aromatic rings. The first-order valence-corrected chi connectivity index (χ1v) is 7.05. The highest BCUT2D eigenvalue weighted by Gasteiger charge is 2.16. The van der Waals surface area contributed by atoms with Crippen molar-refractivity contribution in [3.05, 3.63) is 59.7 Å². The zero-order valence-corrected chi connectivity index (χ0v) is 12.1. The summed E-state index contributed by atoms with van der Waals surface area (Å²) in [7, 11) is 0. The van der Waals surface area contributed by atoms with Crippen molar-refractivity contribution in [3.8, 4) is 5.75 Å². The number of carbonyl (C=O) groups excluding carboxylic acids is 1. The third kappa shape index (κ3) is 3.61. The number of phenols is 1. The molecule has 0 aliphatic carbocycles. The molecule has 110 valence electrons. The van der Waals surface area contributed by atoms with Gasteiger partial charge < -0.3 is 15.7 Å². The lowest BCUT2D eigenvalue weighted by molar-refractivity contribution is 0.0988. The summed E-state index contributed by atoms with van der Waals surface area (Å²) in [5.74, 6) is 0.0689. The zero-order valence-electron chi connectivity index (χ0n) is 12.1. The van der Waals surface area contributed by atoms with Crippen LogP contribution in [0.15, 0.2) is 48.5 Å². The van der Waals surface area contributed by atoms with E-state index in [2.05, 4.69) is 0 Å². The number of nitrogens with two attached hydrogens (primary N) is 1. The monoisotopic (exact) mass is 284 g/mol. The van der Waals surface area contributed by atoms with Crippen molar-refractivity contribution in [3.63, 3.8) is 0 Å². The van der Waals surface area contributed by atoms with Crippen LogP contribution in [0.4, 0.5) is 5.69 Å². The molecule has 2 rings (SSSR count). The summed E-state index contributed by atoms with van der Waals surface area (Å²) in [6, 6.07) is 14.2. The van der Waals surface area contributed by atoms with E-state index in [-0.39, 0.29) is 11.7 Å². The van der Waals surface area contributed by atoms with E-state index in [1.54, 1.807) is 23.1 Å². The van der Waals surface area contributed by atoms with Crippen LogP contribution in [-0.4, -0.2) is 24.1 Å². The SMILES string of the molecule is CCN(C(=O)c1ccc(CCN)cc1)c1cccc(O)c1. The third-order valence-electron chi connectivity index (χ3n) is 3.34. The predicted molar refractivity (Wildman–Crippen MR) is 84.7 cm³/mol. The fourth-order valence-corrected chi connectivity index (χ4v) is 2.24. The summed E-state index contributed by atoms with van der Waals surface area (Å²) in [6.45, 7) is 3.04. The van der Waals surface area contributed by atoms with Crippen molar-refractivity contribution in [2.24, 2.45) is 5.73 Å². The summed E-state index contributed by atoms with van der Waals surface area (Å²) in [5, 5.41) is 9.56. The van der Waals surface area contributed by atoms with Crippen LogP contribution in [0.25, 0.3) is 0 Å². The number of rotatable bonds is 5. The maximum Gasteiger partial charge on any atom is 0.258 e. The van der Waals surface area contributed by atoms with Gasteiger partial charge in [0, 0.05) is 23.9 Å². The summed E-state index contributed by atoms with van der Waals surface area (Å²) in [6.07, 6.45) is 0.804. The average molecular weight is 284 g/mol. The van der Waals surface area contributed by atoms with E-state index in [4.69, 9.17) is 5.73 Å². The van der Waals surface area contributed by atoms with E-state index < -0.39 is 0 Å². The molecule has 0 fully saturated rings. The number of phenolic OH excluding ortho intramolecular Hbond substituents is 1. The van der Waals surface area contributed by atoms with Crippen LogP contribution < -0.4 is 10.6 Å². The van der Waals surface area contributed by atoms with Crippen molar-refractivity contribution in [2.45, 2.75) is 13.3 Å². The Labute approximate surface area is 124 Å². The first kappa shape index (κ1) is 15.1. The van der Waals surface area contributed by atoms with Crippen LogP contribution in [0.5, 0.6) is 5.75 Å². The molecule has 0 bridgehead atoms. The van der Waals surface area contributed by atoms with Gasteiger partial charge in [0.1, 0.15) is 5.75 Å². The van der Waals surface area contributed by atoms with Crippen molar-refractivity contribution in [2.75, 3.05) is 18.0 Å². The summed E-state index contributed by atoms with van der Waals surface area (Å²) < 4.78 is 0. The van der Waals surface area contributed by atoms with Crippen LogP contribution in [-0.2, 0) is 6.42 Å². The number of anilines is 1. The van der Waals surface area contributed by atoms with Crippen LogP contribution in [0, 0.1) is 0 Å². The molecular weight excluding hydrogens is 264 g/mol. The smallest absolute Gasteiger partial charge is 0.258 e. The number of carbonyl (C=O) groups is 1. The molecule has 0 aliphatic rings. The third-order valence-corrected chi connectivity index (χ3v) is 3.34. The summed E-state index contributed by atoms with van der Waals surface area (Å²) in [5.41, 5.74) is 7.95. The minimum Gasteiger partial charge on any atom is -0.508 e. The Kier molecular flexibility index (Phi) is 4.95. The quantitative estimate of drug-likeness (QED) is 0.886. The molecule has 1 amide bonds. The molecular formula is C17H20N2O2. The lowest BCUT2D eigenvalue weighted by Crippen LogP contribution is -2.30. The molecule has 0 radical (unpaired) electrons. The van der Waals surface area contributed by atoms with E-state index in [0.29, 0.717) is 24.3 Å². The Morgan fingerprint density at radius 3 is 2.48 bits per heavy atom. The van der Waals surface area contributed by atoms with Gasteiger partial charge in [0.05, 0.1) is 0 Å². The topological polar surface area (TPSA) is 66.6 Å². The van der Waals surface area contributed by atoms with Gasteiger partial charge in [-0.2, -0.15) is 0 Å². The van der Waals surface area contributed by atoms with E-state index in [0.717, 1.165) is 12.0 Å². The van der Waals surface area contributed by atoms with Crippen molar-refractivity contribution in [1.82, 2.24) is 0 Å². The molecule has 4 heteroatoms. The van der Waals surface area contributed by atoms with Gasteiger partial charge in [-0.1, -0.05) is 18.2 Å². The van der Waals surface area contributed by atoms with Crippen molar-refractivity contribution in [1.29, 1.82) is 0 Å². The highest BCUT2D eigenvalue weighted by molar-refractivity contribution is 6.06. The van der Waals surface area contributed by atoms with Crippen LogP contribution in [0.1, 0.15) is 22.8 Å². The molecule has 0 heterocycles. The minimum absolute atomic E-state index is 0.0811. The lowest BCUT2D eigenvalue weighted by atomic mass is 10.1. The van der Waals surface area contributed by atoms with Gasteiger partial charge in [0.2, 0.25) is 0 Å². The fourth-order valence-electron chi connectivity index (χ4n) is 2.24. The van der Waals surface area contributed by atoms with Crippen LogP contribution >= 0.6 is 0 Å². The van der Waals surface area contributed by atoms with Crippen molar-refractivity contribution < 1.29 is 9.90 Å². The molecule has 0 aliphatic heterocycles. The molecule has 0 aromatic heterocycles. The summed E-state index contributed by atoms with van der Waals surface area (Å²) >= 11 is 0. The Balaban J connectivity index is 2.23. The Hall–Kier alpha value is -2.33. The highest BCUT2D eigenvalue weighted by atomic mass is 16.3. The molecule has 0 saturated carbocycles. The molecule has 0 atom stereocenters. The molecule has 2 aromatic carbocycles. The number of benzene rings is 2.